The second-order valence-corrected chi connectivity index (χ2v) is 10.2. The number of carboxylic acids is 1. The smallest absolute Gasteiger partial charge is 0.337 e. The third kappa shape index (κ3) is 3.78. The first kappa shape index (κ1) is 22.8. The van der Waals surface area contributed by atoms with Crippen molar-refractivity contribution in [1.82, 2.24) is 14.5 Å². The Morgan fingerprint density at radius 3 is 2.63 bits per heavy atom. The van der Waals surface area contributed by atoms with Crippen molar-refractivity contribution in [3.63, 3.8) is 0 Å². The summed E-state index contributed by atoms with van der Waals surface area (Å²) in [6.45, 7) is 0.290. The van der Waals surface area contributed by atoms with Crippen LogP contribution in [0.4, 0.5) is 5.69 Å². The van der Waals surface area contributed by atoms with Crippen LogP contribution in [0, 0.1) is 0 Å². The minimum Gasteiger partial charge on any atom is -0.478 e. The van der Waals surface area contributed by atoms with Crippen LogP contribution in [0.15, 0.2) is 69.2 Å². The number of aromatic carboxylic acids is 1. The van der Waals surface area contributed by atoms with E-state index in [4.69, 9.17) is 11.6 Å². The molecule has 0 saturated carbocycles. The second-order valence-electron chi connectivity index (χ2n) is 7.92. The number of nitrogens with zero attached hydrogens (tertiary/aromatic N) is 3. The fourth-order valence-electron chi connectivity index (χ4n) is 4.16. The average molecular weight is 513 g/mol. The van der Waals surface area contributed by atoms with Crippen LogP contribution >= 0.6 is 11.6 Å². The maximum Gasteiger partial charge on any atom is 0.337 e. The van der Waals surface area contributed by atoms with Crippen LogP contribution in [-0.2, 0) is 16.4 Å². The molecule has 3 heterocycles. The first-order valence-electron chi connectivity index (χ1n) is 10.5. The van der Waals surface area contributed by atoms with Crippen LogP contribution in [0.5, 0.6) is 0 Å². The van der Waals surface area contributed by atoms with E-state index < -0.39 is 27.2 Å². The molecule has 0 amide bonds. The molecule has 0 atom stereocenters. The van der Waals surface area contributed by atoms with Crippen molar-refractivity contribution in [2.45, 2.75) is 17.7 Å². The topological polar surface area (TPSA) is 142 Å². The Bertz CT molecular complexity index is 1750. The Labute approximate surface area is 203 Å². The van der Waals surface area contributed by atoms with E-state index in [1.54, 1.807) is 12.1 Å². The molecule has 0 bridgehead atoms. The highest BCUT2D eigenvalue weighted by molar-refractivity contribution is 7.92. The number of carbonyl (C=O) groups is 1. The number of hydrogen-bond acceptors (Lipinski definition) is 6. The van der Waals surface area contributed by atoms with Gasteiger partial charge < -0.3 is 5.11 Å². The van der Waals surface area contributed by atoms with Crippen molar-refractivity contribution < 1.29 is 18.3 Å². The van der Waals surface area contributed by atoms with Gasteiger partial charge in [0.15, 0.2) is 5.65 Å². The number of H-pyrrole nitrogens is 1. The molecule has 0 saturated heterocycles. The number of fused-ring (bicyclic) bond motifs is 2. The van der Waals surface area contributed by atoms with Gasteiger partial charge in [-0.2, -0.15) is 0 Å². The van der Waals surface area contributed by atoms with E-state index in [2.05, 4.69) is 9.97 Å². The third-order valence-corrected chi connectivity index (χ3v) is 7.94. The summed E-state index contributed by atoms with van der Waals surface area (Å²) in [5, 5.41) is 9.09. The predicted octanol–water partition coefficient (Wildman–Crippen LogP) is 2.57. The fourth-order valence-corrected chi connectivity index (χ4v) is 5.92. The van der Waals surface area contributed by atoms with Gasteiger partial charge in [-0.1, -0.05) is 29.8 Å². The summed E-state index contributed by atoms with van der Waals surface area (Å²) in [4.78, 5) is 42.4. The Balaban J connectivity index is 1.71. The third-order valence-electron chi connectivity index (χ3n) is 5.81. The molecule has 12 heteroatoms. The van der Waals surface area contributed by atoms with Gasteiger partial charge in [-0.05, 0) is 48.7 Å². The van der Waals surface area contributed by atoms with Crippen molar-refractivity contribution in [3.8, 4) is 5.69 Å². The zero-order valence-electron chi connectivity index (χ0n) is 17.9. The quantitative estimate of drug-likeness (QED) is 0.428. The van der Waals surface area contributed by atoms with Gasteiger partial charge in [-0.15, -0.1) is 0 Å². The van der Waals surface area contributed by atoms with E-state index in [1.165, 1.54) is 22.5 Å². The molecule has 4 aromatic rings. The fraction of sp³-hybridized carbons (Fsp3) is 0.130. The molecule has 1 aliphatic rings. The lowest BCUT2D eigenvalue weighted by Crippen LogP contribution is -2.35. The monoisotopic (exact) mass is 512 g/mol. The first-order valence-corrected chi connectivity index (χ1v) is 12.3. The Hall–Kier alpha value is -3.96. The summed E-state index contributed by atoms with van der Waals surface area (Å²) >= 11 is 6.36. The second kappa shape index (κ2) is 8.36. The molecule has 0 radical (unpaired) electrons. The van der Waals surface area contributed by atoms with Gasteiger partial charge in [0.2, 0.25) is 0 Å². The van der Waals surface area contributed by atoms with Gasteiger partial charge in [0, 0.05) is 12.7 Å². The molecular formula is C23H17ClN4O6S. The van der Waals surface area contributed by atoms with Gasteiger partial charge in [-0.25, -0.2) is 27.6 Å². The lowest BCUT2D eigenvalue weighted by molar-refractivity contribution is 0.0696. The summed E-state index contributed by atoms with van der Waals surface area (Å²) in [6.07, 6.45) is 2.41. The van der Waals surface area contributed by atoms with E-state index >= 15 is 0 Å². The van der Waals surface area contributed by atoms with Gasteiger partial charge in [-0.3, -0.25) is 14.1 Å². The number of halogens is 1. The molecule has 2 aromatic carbocycles. The number of rotatable bonds is 4. The van der Waals surface area contributed by atoms with Crippen LogP contribution in [0.3, 0.4) is 0 Å². The minimum atomic E-state index is -4.03. The van der Waals surface area contributed by atoms with Crippen LogP contribution in [0.25, 0.3) is 16.7 Å². The number of para-hydroxylation sites is 1. The van der Waals surface area contributed by atoms with Crippen LogP contribution in [0.1, 0.15) is 22.3 Å². The Morgan fingerprint density at radius 2 is 1.86 bits per heavy atom. The van der Waals surface area contributed by atoms with Crippen LogP contribution in [0.2, 0.25) is 5.02 Å². The van der Waals surface area contributed by atoms with Crippen molar-refractivity contribution >= 4 is 44.3 Å². The highest BCUT2D eigenvalue weighted by Gasteiger charge is 2.30. The van der Waals surface area contributed by atoms with E-state index in [0.717, 1.165) is 28.8 Å². The molecule has 2 aromatic heterocycles. The maximum atomic E-state index is 13.6. The number of nitrogens with one attached hydrogen (secondary N) is 1. The normalized spacial score (nSPS) is 13.6. The van der Waals surface area contributed by atoms with E-state index in [9.17, 15) is 27.9 Å². The molecule has 0 unspecified atom stereocenters. The van der Waals surface area contributed by atoms with Gasteiger partial charge in [0.05, 0.1) is 32.2 Å². The average Bonchev–Trinajstić information content (AvgIpc) is 2.84. The number of aromatic nitrogens is 3. The molecule has 35 heavy (non-hydrogen) atoms. The SMILES string of the molecule is O=C(O)c1cnc2c(c1)c(=O)[nH]c(=O)n2-c1cc(S(=O)(=O)N2CCCc3ccccc32)ccc1Cl. The van der Waals surface area contributed by atoms with Gasteiger partial charge in [0.1, 0.15) is 0 Å². The lowest BCUT2D eigenvalue weighted by atomic mass is 10.0. The number of hydrogen-bond donors (Lipinski definition) is 2. The Morgan fingerprint density at radius 1 is 1.09 bits per heavy atom. The summed E-state index contributed by atoms with van der Waals surface area (Å²) in [5.41, 5.74) is -0.676. The molecule has 5 rings (SSSR count). The van der Waals surface area contributed by atoms with Crippen molar-refractivity contribution in [2.24, 2.45) is 0 Å². The minimum absolute atomic E-state index is 0.0279. The van der Waals surface area contributed by atoms with E-state index in [1.807, 2.05) is 12.1 Å². The van der Waals surface area contributed by atoms with Gasteiger partial charge in [0.25, 0.3) is 15.6 Å². The highest BCUT2D eigenvalue weighted by Crippen LogP contribution is 2.33. The summed E-state index contributed by atoms with van der Waals surface area (Å²) < 4.78 is 29.5. The number of sulfonamides is 1. The summed E-state index contributed by atoms with van der Waals surface area (Å²) in [5.74, 6) is -1.30. The molecule has 0 fully saturated rings. The molecule has 178 valence electrons. The predicted molar refractivity (Wildman–Crippen MR) is 129 cm³/mol. The molecule has 2 N–H and O–H groups in total. The zero-order valence-corrected chi connectivity index (χ0v) is 19.5. The summed E-state index contributed by atoms with van der Waals surface area (Å²) in [7, 11) is -4.03. The number of aromatic amines is 1. The number of anilines is 1. The molecule has 1 aliphatic heterocycles. The standard InChI is InChI=1S/C23H17ClN4O6S/c24-17-8-7-15(35(33,34)27-9-3-5-13-4-1-2-6-18(13)27)11-19(17)28-20-16(21(29)26-23(28)32)10-14(12-25-20)22(30)31/h1-2,4,6-8,10-12H,3,5,9H2,(H,30,31)(H,26,29,32). The molecule has 0 aliphatic carbocycles. The maximum absolute atomic E-state index is 13.6. The molecule has 10 nitrogen and oxygen atoms in total. The molecular weight excluding hydrogens is 496 g/mol. The largest absolute Gasteiger partial charge is 0.478 e. The molecule has 0 spiro atoms. The van der Waals surface area contributed by atoms with Crippen LogP contribution < -0.4 is 15.6 Å². The highest BCUT2D eigenvalue weighted by atomic mass is 35.5. The van der Waals surface area contributed by atoms with Crippen LogP contribution in [-0.4, -0.2) is 40.6 Å². The van der Waals surface area contributed by atoms with E-state index in [0.29, 0.717) is 18.7 Å². The number of carboxylic acid groups (broad SMARTS) is 1. The summed E-state index contributed by atoms with van der Waals surface area (Å²) in [6, 6.07) is 12.2. The van der Waals surface area contributed by atoms with Crippen molar-refractivity contribution in [3.05, 3.63) is 91.7 Å². The van der Waals surface area contributed by atoms with Gasteiger partial charge >= 0.3 is 11.7 Å². The number of benzene rings is 2. The van der Waals surface area contributed by atoms with Crippen molar-refractivity contribution in [2.75, 3.05) is 10.8 Å². The number of pyridine rings is 1. The first-order chi connectivity index (χ1) is 16.7. The van der Waals surface area contributed by atoms with E-state index in [-0.39, 0.29) is 32.2 Å². The Kier molecular flexibility index (Phi) is 5.45. The number of aryl methyl sites for hydroxylation is 1. The van der Waals surface area contributed by atoms with Crippen molar-refractivity contribution in [1.29, 1.82) is 0 Å². The lowest BCUT2D eigenvalue weighted by Gasteiger charge is -2.30. The zero-order chi connectivity index (χ0) is 24.9.